The summed E-state index contributed by atoms with van der Waals surface area (Å²) in [5.41, 5.74) is 0.902. The molecule has 0 radical (unpaired) electrons. The minimum atomic E-state index is -4.42. The zero-order valence-corrected chi connectivity index (χ0v) is 13.1. The first-order chi connectivity index (χ1) is 11.4. The maximum atomic E-state index is 11.2. The highest BCUT2D eigenvalue weighted by atomic mass is 32.2. The highest BCUT2D eigenvalue weighted by Gasteiger charge is 2.14. The van der Waals surface area contributed by atoms with Crippen molar-refractivity contribution in [1.29, 1.82) is 0 Å². The van der Waals surface area contributed by atoms with E-state index in [4.69, 9.17) is 4.55 Å². The molecule has 6 nitrogen and oxygen atoms in total. The zero-order chi connectivity index (χ0) is 17.3. The van der Waals surface area contributed by atoms with E-state index in [2.05, 4.69) is 4.99 Å². The molecular formula is C17H13NO5S. The van der Waals surface area contributed by atoms with Gasteiger partial charge in [-0.15, -0.1) is 0 Å². The molecule has 0 aromatic heterocycles. The lowest BCUT2D eigenvalue weighted by atomic mass is 10.1. The smallest absolute Gasteiger partial charge is 0.294 e. The molecule has 0 spiro atoms. The number of hydrogen-bond acceptors (Lipinski definition) is 5. The second-order valence-electron chi connectivity index (χ2n) is 5.11. The van der Waals surface area contributed by atoms with E-state index in [9.17, 15) is 18.6 Å². The Morgan fingerprint density at radius 1 is 0.917 bits per heavy atom. The molecule has 0 saturated carbocycles. The molecule has 0 heterocycles. The maximum Gasteiger partial charge on any atom is 0.294 e. The van der Waals surface area contributed by atoms with Crippen molar-refractivity contribution in [1.82, 2.24) is 0 Å². The van der Waals surface area contributed by atoms with Gasteiger partial charge >= 0.3 is 0 Å². The quantitative estimate of drug-likeness (QED) is 0.500. The van der Waals surface area contributed by atoms with Gasteiger partial charge in [0.25, 0.3) is 10.1 Å². The second kappa shape index (κ2) is 5.95. The van der Waals surface area contributed by atoms with Crippen molar-refractivity contribution in [3.05, 3.63) is 60.2 Å². The SMILES string of the molecule is O=S(=O)(O)c1cc(O)c2c(N=Cc3ccccc3O)cccc2c1. The zero-order valence-electron chi connectivity index (χ0n) is 12.3. The van der Waals surface area contributed by atoms with Crippen LogP contribution >= 0.6 is 0 Å². The topological polar surface area (TPSA) is 107 Å². The minimum absolute atomic E-state index is 0.0689. The summed E-state index contributed by atoms with van der Waals surface area (Å²) in [5, 5.41) is 20.7. The number of fused-ring (bicyclic) bond motifs is 1. The first kappa shape index (κ1) is 16.0. The predicted molar refractivity (Wildman–Crippen MR) is 90.8 cm³/mol. The van der Waals surface area contributed by atoms with Gasteiger partial charge in [-0.2, -0.15) is 8.42 Å². The molecule has 0 aliphatic rings. The molecule has 7 heteroatoms. The summed E-state index contributed by atoms with van der Waals surface area (Å²) in [6.07, 6.45) is 1.44. The van der Waals surface area contributed by atoms with Gasteiger partial charge in [-0.25, -0.2) is 0 Å². The fraction of sp³-hybridized carbons (Fsp3) is 0. The molecule has 3 aromatic rings. The largest absolute Gasteiger partial charge is 0.507 e. The van der Waals surface area contributed by atoms with Crippen LogP contribution in [0.25, 0.3) is 10.8 Å². The Morgan fingerprint density at radius 3 is 2.38 bits per heavy atom. The van der Waals surface area contributed by atoms with Crippen LogP contribution in [0, 0.1) is 0 Å². The van der Waals surface area contributed by atoms with Gasteiger partial charge in [-0.05, 0) is 29.7 Å². The first-order valence-electron chi connectivity index (χ1n) is 6.91. The summed E-state index contributed by atoms with van der Waals surface area (Å²) in [5.74, 6) is -0.246. The van der Waals surface area contributed by atoms with Crippen LogP contribution in [-0.2, 0) is 10.1 Å². The monoisotopic (exact) mass is 343 g/mol. The summed E-state index contributed by atoms with van der Waals surface area (Å²) in [7, 11) is -4.42. The lowest BCUT2D eigenvalue weighted by molar-refractivity contribution is 0.471. The van der Waals surface area contributed by atoms with Crippen molar-refractivity contribution in [3.63, 3.8) is 0 Å². The minimum Gasteiger partial charge on any atom is -0.507 e. The number of benzene rings is 3. The summed E-state index contributed by atoms with van der Waals surface area (Å²) >= 11 is 0. The maximum absolute atomic E-state index is 11.2. The molecule has 122 valence electrons. The Morgan fingerprint density at radius 2 is 1.67 bits per heavy atom. The van der Waals surface area contributed by atoms with Gasteiger partial charge in [0, 0.05) is 23.2 Å². The van der Waals surface area contributed by atoms with Gasteiger partial charge in [0.15, 0.2) is 0 Å². The molecular weight excluding hydrogens is 330 g/mol. The van der Waals surface area contributed by atoms with E-state index in [0.717, 1.165) is 6.07 Å². The van der Waals surface area contributed by atoms with Crippen LogP contribution in [-0.4, -0.2) is 29.4 Å². The van der Waals surface area contributed by atoms with E-state index in [1.54, 1.807) is 36.4 Å². The number of rotatable bonds is 3. The number of hydrogen-bond donors (Lipinski definition) is 3. The third kappa shape index (κ3) is 3.08. The number of phenols is 2. The Balaban J connectivity index is 2.15. The Hall–Kier alpha value is -2.90. The molecule has 0 fully saturated rings. The lowest BCUT2D eigenvalue weighted by Crippen LogP contribution is -1.97. The van der Waals surface area contributed by atoms with E-state index in [1.165, 1.54) is 18.3 Å². The average molecular weight is 343 g/mol. The van der Waals surface area contributed by atoms with E-state index in [-0.39, 0.29) is 11.5 Å². The van der Waals surface area contributed by atoms with Crippen molar-refractivity contribution < 1.29 is 23.2 Å². The fourth-order valence-electron chi connectivity index (χ4n) is 2.35. The van der Waals surface area contributed by atoms with Crippen LogP contribution in [0.15, 0.2) is 64.5 Å². The summed E-state index contributed by atoms with van der Waals surface area (Å²) in [6.45, 7) is 0. The molecule has 3 aromatic carbocycles. The number of para-hydroxylation sites is 1. The molecule has 0 atom stereocenters. The Labute approximate surface area is 138 Å². The van der Waals surface area contributed by atoms with E-state index < -0.39 is 15.0 Å². The van der Waals surface area contributed by atoms with Crippen molar-refractivity contribution in [3.8, 4) is 11.5 Å². The normalized spacial score (nSPS) is 12.0. The van der Waals surface area contributed by atoms with Crippen molar-refractivity contribution in [2.24, 2.45) is 4.99 Å². The van der Waals surface area contributed by atoms with Gasteiger partial charge in [0.1, 0.15) is 11.5 Å². The number of aromatic hydroxyl groups is 2. The van der Waals surface area contributed by atoms with Gasteiger partial charge < -0.3 is 10.2 Å². The standard InChI is InChI=1S/C17H13NO5S/c19-15-7-2-1-4-12(15)10-18-14-6-3-5-11-8-13(24(21,22)23)9-16(20)17(11)14/h1-10,19-20H,(H,21,22,23). The average Bonchev–Trinajstić information content (AvgIpc) is 2.53. The molecule has 3 N–H and O–H groups in total. The van der Waals surface area contributed by atoms with Gasteiger partial charge in [0.05, 0.1) is 10.6 Å². The third-order valence-corrected chi connectivity index (χ3v) is 4.32. The number of aliphatic imine (C=N–C) groups is 1. The molecule has 0 unspecified atom stereocenters. The molecule has 0 aliphatic heterocycles. The molecule has 0 amide bonds. The molecule has 3 rings (SSSR count). The summed E-state index contributed by atoms with van der Waals surface area (Å²) in [6, 6.07) is 13.8. The van der Waals surface area contributed by atoms with Gasteiger partial charge in [-0.1, -0.05) is 24.3 Å². The van der Waals surface area contributed by atoms with Crippen molar-refractivity contribution >= 4 is 32.8 Å². The van der Waals surface area contributed by atoms with Gasteiger partial charge in [-0.3, -0.25) is 9.55 Å². The molecule has 0 bridgehead atoms. The number of phenolic OH excluding ortho intramolecular Hbond substituents is 2. The fourth-order valence-corrected chi connectivity index (χ4v) is 2.89. The summed E-state index contributed by atoms with van der Waals surface area (Å²) in [4.78, 5) is 3.87. The van der Waals surface area contributed by atoms with Crippen LogP contribution in [0.2, 0.25) is 0 Å². The van der Waals surface area contributed by atoms with Crippen molar-refractivity contribution in [2.45, 2.75) is 4.90 Å². The highest BCUT2D eigenvalue weighted by molar-refractivity contribution is 7.85. The highest BCUT2D eigenvalue weighted by Crippen LogP contribution is 2.35. The van der Waals surface area contributed by atoms with Crippen LogP contribution < -0.4 is 0 Å². The molecule has 24 heavy (non-hydrogen) atoms. The van der Waals surface area contributed by atoms with Crippen LogP contribution in [0.1, 0.15) is 5.56 Å². The summed E-state index contributed by atoms with van der Waals surface area (Å²) < 4.78 is 31.6. The van der Waals surface area contributed by atoms with Crippen LogP contribution in [0.5, 0.6) is 11.5 Å². The molecule has 0 saturated heterocycles. The first-order valence-corrected chi connectivity index (χ1v) is 8.35. The second-order valence-corrected chi connectivity index (χ2v) is 6.53. The Bertz CT molecular complexity index is 1060. The van der Waals surface area contributed by atoms with Crippen LogP contribution in [0.3, 0.4) is 0 Å². The van der Waals surface area contributed by atoms with Crippen LogP contribution in [0.4, 0.5) is 5.69 Å². The van der Waals surface area contributed by atoms with E-state index >= 15 is 0 Å². The third-order valence-electron chi connectivity index (χ3n) is 3.48. The van der Waals surface area contributed by atoms with Gasteiger partial charge in [0.2, 0.25) is 0 Å². The lowest BCUT2D eigenvalue weighted by Gasteiger charge is -2.07. The predicted octanol–water partition coefficient (Wildman–Crippen LogP) is 3.25. The van der Waals surface area contributed by atoms with E-state index in [1.807, 2.05) is 0 Å². The van der Waals surface area contributed by atoms with Crippen molar-refractivity contribution in [2.75, 3.05) is 0 Å². The molecule has 0 aliphatic carbocycles. The number of nitrogens with zero attached hydrogens (tertiary/aromatic N) is 1. The van der Waals surface area contributed by atoms with E-state index in [0.29, 0.717) is 22.0 Å². The Kier molecular flexibility index (Phi) is 3.96.